The number of aryl methyl sites for hydroxylation is 1. The van der Waals surface area contributed by atoms with Crippen LogP contribution in [0, 0.1) is 12.3 Å². The van der Waals surface area contributed by atoms with Gasteiger partial charge in [-0.25, -0.2) is 4.52 Å². The van der Waals surface area contributed by atoms with Crippen molar-refractivity contribution in [3.05, 3.63) is 23.9 Å². The Bertz CT molecular complexity index is 605. The zero-order chi connectivity index (χ0) is 13.6. The minimum absolute atomic E-state index is 0.113. The van der Waals surface area contributed by atoms with Crippen LogP contribution in [0.2, 0.25) is 0 Å². The van der Waals surface area contributed by atoms with E-state index in [0.29, 0.717) is 18.1 Å². The van der Waals surface area contributed by atoms with Crippen LogP contribution in [0.4, 0.5) is 5.95 Å². The average Bonchev–Trinajstić information content (AvgIpc) is 2.75. The fourth-order valence-corrected chi connectivity index (χ4v) is 2.73. The molecular formula is C14H20N4O. The van der Waals surface area contributed by atoms with Gasteiger partial charge in [-0.3, -0.25) is 0 Å². The van der Waals surface area contributed by atoms with Gasteiger partial charge in [0.15, 0.2) is 5.65 Å². The van der Waals surface area contributed by atoms with Gasteiger partial charge in [0.05, 0.1) is 6.10 Å². The van der Waals surface area contributed by atoms with Gasteiger partial charge in [0.1, 0.15) is 0 Å². The standard InChI is InChI=1S/C14H20N4O/c1-9-5-6-18-12(7-9)16-13(17-18)15-10-8-11(19-4)14(10,2)3/h5-7,10-11H,8H2,1-4H3,(H,15,17). The van der Waals surface area contributed by atoms with Crippen molar-refractivity contribution in [2.75, 3.05) is 12.4 Å². The lowest BCUT2D eigenvalue weighted by Gasteiger charge is -2.51. The van der Waals surface area contributed by atoms with Crippen molar-refractivity contribution in [2.45, 2.75) is 39.3 Å². The van der Waals surface area contributed by atoms with Crippen molar-refractivity contribution < 1.29 is 4.74 Å². The number of nitrogens with one attached hydrogen (secondary N) is 1. The highest BCUT2D eigenvalue weighted by Crippen LogP contribution is 2.43. The Hall–Kier alpha value is -1.62. The van der Waals surface area contributed by atoms with E-state index in [4.69, 9.17) is 4.74 Å². The molecule has 1 N–H and O–H groups in total. The van der Waals surface area contributed by atoms with Crippen LogP contribution in [0.25, 0.3) is 5.65 Å². The second-order valence-corrected chi connectivity index (χ2v) is 5.92. The van der Waals surface area contributed by atoms with E-state index in [0.717, 1.165) is 12.1 Å². The highest BCUT2D eigenvalue weighted by atomic mass is 16.5. The smallest absolute Gasteiger partial charge is 0.243 e. The molecule has 2 aromatic rings. The highest BCUT2D eigenvalue weighted by molar-refractivity contribution is 5.46. The molecule has 5 heteroatoms. The molecule has 2 atom stereocenters. The molecule has 2 heterocycles. The first-order valence-electron chi connectivity index (χ1n) is 6.63. The molecular weight excluding hydrogens is 240 g/mol. The van der Waals surface area contributed by atoms with Gasteiger partial charge in [-0.05, 0) is 31.0 Å². The zero-order valence-electron chi connectivity index (χ0n) is 11.8. The van der Waals surface area contributed by atoms with Crippen LogP contribution in [-0.2, 0) is 4.74 Å². The molecule has 0 aromatic carbocycles. The third kappa shape index (κ3) is 1.98. The molecule has 102 valence electrons. The Balaban J connectivity index is 1.79. The number of anilines is 1. The summed E-state index contributed by atoms with van der Waals surface area (Å²) in [6, 6.07) is 4.41. The lowest BCUT2D eigenvalue weighted by atomic mass is 9.64. The summed E-state index contributed by atoms with van der Waals surface area (Å²) in [7, 11) is 1.77. The summed E-state index contributed by atoms with van der Waals surface area (Å²) in [6.07, 6.45) is 3.24. The molecule has 0 spiro atoms. The SMILES string of the molecule is COC1CC(Nc2nc3cc(C)ccn3n2)C1(C)C. The molecule has 1 fully saturated rings. The summed E-state index contributed by atoms with van der Waals surface area (Å²) in [6.45, 7) is 6.48. The van der Waals surface area contributed by atoms with Gasteiger partial charge in [-0.2, -0.15) is 4.98 Å². The number of ether oxygens (including phenoxy) is 1. The average molecular weight is 260 g/mol. The van der Waals surface area contributed by atoms with Gasteiger partial charge in [-0.1, -0.05) is 13.8 Å². The molecule has 2 unspecified atom stereocenters. The van der Waals surface area contributed by atoms with Crippen molar-refractivity contribution in [1.29, 1.82) is 0 Å². The van der Waals surface area contributed by atoms with Crippen LogP contribution in [0.5, 0.6) is 0 Å². The van der Waals surface area contributed by atoms with E-state index >= 15 is 0 Å². The van der Waals surface area contributed by atoms with Crippen LogP contribution in [0.1, 0.15) is 25.8 Å². The van der Waals surface area contributed by atoms with Crippen molar-refractivity contribution in [3.63, 3.8) is 0 Å². The maximum Gasteiger partial charge on any atom is 0.243 e. The number of aromatic nitrogens is 3. The topological polar surface area (TPSA) is 51.5 Å². The van der Waals surface area contributed by atoms with E-state index in [9.17, 15) is 0 Å². The molecule has 1 aliphatic rings. The number of rotatable bonds is 3. The van der Waals surface area contributed by atoms with Crippen molar-refractivity contribution >= 4 is 11.6 Å². The van der Waals surface area contributed by atoms with E-state index in [1.165, 1.54) is 5.56 Å². The minimum Gasteiger partial charge on any atom is -0.381 e. The second kappa shape index (κ2) is 4.20. The predicted octanol–water partition coefficient (Wildman–Crippen LogP) is 2.26. The monoisotopic (exact) mass is 260 g/mol. The zero-order valence-corrected chi connectivity index (χ0v) is 11.8. The lowest BCUT2D eigenvalue weighted by molar-refractivity contribution is -0.0796. The van der Waals surface area contributed by atoms with Gasteiger partial charge < -0.3 is 10.1 Å². The first kappa shape index (κ1) is 12.4. The maximum atomic E-state index is 5.46. The Labute approximate surface area is 113 Å². The van der Waals surface area contributed by atoms with Crippen LogP contribution < -0.4 is 5.32 Å². The predicted molar refractivity (Wildman–Crippen MR) is 74.3 cm³/mol. The van der Waals surface area contributed by atoms with E-state index in [-0.39, 0.29) is 5.41 Å². The largest absolute Gasteiger partial charge is 0.381 e. The summed E-state index contributed by atoms with van der Waals surface area (Å²) >= 11 is 0. The molecule has 0 radical (unpaired) electrons. The molecule has 1 aliphatic carbocycles. The second-order valence-electron chi connectivity index (χ2n) is 5.92. The normalized spacial score (nSPS) is 25.3. The van der Waals surface area contributed by atoms with Gasteiger partial charge in [0.2, 0.25) is 5.95 Å². The molecule has 0 amide bonds. The summed E-state index contributed by atoms with van der Waals surface area (Å²) in [4.78, 5) is 4.51. The molecule has 0 bridgehead atoms. The van der Waals surface area contributed by atoms with Crippen LogP contribution in [-0.4, -0.2) is 33.9 Å². The number of hydrogen-bond donors (Lipinski definition) is 1. The first-order valence-corrected chi connectivity index (χ1v) is 6.63. The third-order valence-corrected chi connectivity index (χ3v) is 4.26. The molecule has 2 aromatic heterocycles. The van der Waals surface area contributed by atoms with E-state index < -0.39 is 0 Å². The molecule has 5 nitrogen and oxygen atoms in total. The number of pyridine rings is 1. The van der Waals surface area contributed by atoms with Gasteiger partial charge >= 0.3 is 0 Å². The van der Waals surface area contributed by atoms with E-state index in [2.05, 4.69) is 36.2 Å². The highest BCUT2D eigenvalue weighted by Gasteiger charge is 2.48. The summed E-state index contributed by atoms with van der Waals surface area (Å²) in [5.41, 5.74) is 2.18. The third-order valence-electron chi connectivity index (χ3n) is 4.26. The lowest BCUT2D eigenvalue weighted by Crippen LogP contribution is -2.57. The Morgan fingerprint density at radius 1 is 1.47 bits per heavy atom. The quantitative estimate of drug-likeness (QED) is 0.919. The summed E-state index contributed by atoms with van der Waals surface area (Å²) < 4.78 is 7.26. The fraction of sp³-hybridized carbons (Fsp3) is 0.571. The molecule has 19 heavy (non-hydrogen) atoms. The van der Waals surface area contributed by atoms with Gasteiger partial charge in [0.25, 0.3) is 0 Å². The van der Waals surface area contributed by atoms with Gasteiger partial charge in [-0.15, -0.1) is 5.10 Å². The van der Waals surface area contributed by atoms with Crippen molar-refractivity contribution in [3.8, 4) is 0 Å². The van der Waals surface area contributed by atoms with Crippen molar-refractivity contribution in [1.82, 2.24) is 14.6 Å². The molecule has 0 aliphatic heterocycles. The van der Waals surface area contributed by atoms with Crippen molar-refractivity contribution in [2.24, 2.45) is 5.41 Å². The summed E-state index contributed by atoms with van der Waals surface area (Å²) in [5.74, 6) is 0.693. The van der Waals surface area contributed by atoms with E-state index in [1.54, 1.807) is 11.6 Å². The molecule has 3 rings (SSSR count). The molecule has 0 saturated heterocycles. The van der Waals surface area contributed by atoms with Crippen LogP contribution >= 0.6 is 0 Å². The Kier molecular flexibility index (Phi) is 2.74. The number of hydrogen-bond acceptors (Lipinski definition) is 4. The van der Waals surface area contributed by atoms with Gasteiger partial charge in [0, 0.05) is 24.8 Å². The summed E-state index contributed by atoms with van der Waals surface area (Å²) in [5, 5.41) is 7.86. The number of fused-ring (bicyclic) bond motifs is 1. The van der Waals surface area contributed by atoms with E-state index in [1.807, 2.05) is 18.3 Å². The maximum absolute atomic E-state index is 5.46. The number of nitrogens with zero attached hydrogens (tertiary/aromatic N) is 3. The molecule has 1 saturated carbocycles. The fourth-order valence-electron chi connectivity index (χ4n) is 2.73. The number of methoxy groups -OCH3 is 1. The minimum atomic E-state index is 0.113. The van der Waals surface area contributed by atoms with Crippen LogP contribution in [0.15, 0.2) is 18.3 Å². The Morgan fingerprint density at radius 2 is 2.26 bits per heavy atom. The Morgan fingerprint density at radius 3 is 2.95 bits per heavy atom. The van der Waals surface area contributed by atoms with Crippen LogP contribution in [0.3, 0.4) is 0 Å². The first-order chi connectivity index (χ1) is 9.00.